The van der Waals surface area contributed by atoms with Crippen molar-refractivity contribution in [2.24, 2.45) is 5.92 Å². The Morgan fingerprint density at radius 2 is 1.95 bits per heavy atom. The van der Waals surface area contributed by atoms with Crippen molar-refractivity contribution in [2.75, 3.05) is 52.7 Å². The number of rotatable bonds is 12. The van der Waals surface area contributed by atoms with Gasteiger partial charge in [0.25, 0.3) is 0 Å². The summed E-state index contributed by atoms with van der Waals surface area (Å²) in [5.41, 5.74) is 0. The SMILES string of the molecule is CCCCOCCOCC(O)CNCC1CCOCC1. The van der Waals surface area contributed by atoms with Crippen molar-refractivity contribution in [3.63, 3.8) is 0 Å². The van der Waals surface area contributed by atoms with Crippen molar-refractivity contribution in [2.45, 2.75) is 38.7 Å². The smallest absolute Gasteiger partial charge is 0.0897 e. The molecule has 5 nitrogen and oxygen atoms in total. The van der Waals surface area contributed by atoms with Crippen molar-refractivity contribution < 1.29 is 19.3 Å². The molecule has 0 spiro atoms. The Bertz CT molecular complexity index is 210. The van der Waals surface area contributed by atoms with E-state index >= 15 is 0 Å². The Morgan fingerprint density at radius 1 is 1.20 bits per heavy atom. The highest BCUT2D eigenvalue weighted by Gasteiger charge is 2.13. The minimum absolute atomic E-state index is 0.373. The van der Waals surface area contributed by atoms with Gasteiger partial charge in [-0.25, -0.2) is 0 Å². The monoisotopic (exact) mass is 289 g/mol. The normalized spacial score (nSPS) is 18.3. The fourth-order valence-corrected chi connectivity index (χ4v) is 2.15. The van der Waals surface area contributed by atoms with Crippen LogP contribution < -0.4 is 5.32 Å². The molecule has 2 N–H and O–H groups in total. The Kier molecular flexibility index (Phi) is 11.2. The maximum atomic E-state index is 9.77. The molecule has 1 aliphatic rings. The van der Waals surface area contributed by atoms with Crippen LogP contribution in [0.3, 0.4) is 0 Å². The molecule has 0 radical (unpaired) electrons. The molecule has 1 rings (SSSR count). The van der Waals surface area contributed by atoms with Crippen LogP contribution in [0.5, 0.6) is 0 Å². The predicted molar refractivity (Wildman–Crippen MR) is 79.0 cm³/mol. The van der Waals surface area contributed by atoms with Crippen molar-refractivity contribution in [3.05, 3.63) is 0 Å². The summed E-state index contributed by atoms with van der Waals surface area (Å²) in [7, 11) is 0. The molecule has 1 aliphatic heterocycles. The van der Waals surface area contributed by atoms with E-state index in [1.165, 1.54) is 0 Å². The molecule has 1 atom stereocenters. The van der Waals surface area contributed by atoms with Gasteiger partial charge >= 0.3 is 0 Å². The van der Waals surface area contributed by atoms with Gasteiger partial charge in [-0.2, -0.15) is 0 Å². The first kappa shape index (κ1) is 17.9. The maximum absolute atomic E-state index is 9.77. The lowest BCUT2D eigenvalue weighted by Crippen LogP contribution is -2.35. The van der Waals surface area contributed by atoms with Crippen LogP contribution in [0.25, 0.3) is 0 Å². The second kappa shape index (κ2) is 12.5. The fourth-order valence-electron chi connectivity index (χ4n) is 2.15. The summed E-state index contributed by atoms with van der Waals surface area (Å²) in [6.07, 6.45) is 4.05. The molecular weight excluding hydrogens is 258 g/mol. The van der Waals surface area contributed by atoms with Crippen LogP contribution in [-0.2, 0) is 14.2 Å². The first-order valence-electron chi connectivity index (χ1n) is 7.95. The minimum atomic E-state index is -0.439. The van der Waals surface area contributed by atoms with Crippen LogP contribution in [0.15, 0.2) is 0 Å². The third-order valence-electron chi connectivity index (χ3n) is 3.48. The molecule has 1 unspecified atom stereocenters. The third kappa shape index (κ3) is 9.66. The summed E-state index contributed by atoms with van der Waals surface area (Å²) in [4.78, 5) is 0. The Hall–Kier alpha value is -0.200. The number of unbranched alkanes of at least 4 members (excludes halogenated alkanes) is 1. The highest BCUT2D eigenvalue weighted by Crippen LogP contribution is 2.12. The van der Waals surface area contributed by atoms with Gasteiger partial charge in [0, 0.05) is 26.4 Å². The number of ether oxygens (including phenoxy) is 3. The molecule has 20 heavy (non-hydrogen) atoms. The highest BCUT2D eigenvalue weighted by atomic mass is 16.5. The van der Waals surface area contributed by atoms with Crippen LogP contribution in [0.2, 0.25) is 0 Å². The number of aliphatic hydroxyl groups excluding tert-OH is 1. The van der Waals surface area contributed by atoms with Crippen LogP contribution in [0.4, 0.5) is 0 Å². The highest BCUT2D eigenvalue weighted by molar-refractivity contribution is 4.67. The largest absolute Gasteiger partial charge is 0.389 e. The molecule has 0 amide bonds. The number of aliphatic hydroxyl groups is 1. The summed E-state index contributed by atoms with van der Waals surface area (Å²) >= 11 is 0. The number of hydrogen-bond acceptors (Lipinski definition) is 5. The molecule has 1 fully saturated rings. The van der Waals surface area contributed by atoms with Gasteiger partial charge in [0.1, 0.15) is 0 Å². The second-order valence-electron chi connectivity index (χ2n) is 5.41. The fraction of sp³-hybridized carbons (Fsp3) is 1.00. The first-order chi connectivity index (χ1) is 9.83. The molecule has 1 heterocycles. The number of hydrogen-bond donors (Lipinski definition) is 2. The summed E-state index contributed by atoms with van der Waals surface area (Å²) in [5.74, 6) is 0.684. The summed E-state index contributed by atoms with van der Waals surface area (Å²) < 4.78 is 16.1. The zero-order valence-electron chi connectivity index (χ0n) is 12.8. The molecule has 0 aromatic rings. The van der Waals surface area contributed by atoms with Crippen LogP contribution >= 0.6 is 0 Å². The van der Waals surface area contributed by atoms with E-state index in [1.54, 1.807) is 0 Å². The van der Waals surface area contributed by atoms with Gasteiger partial charge in [-0.1, -0.05) is 13.3 Å². The Balaban J connectivity index is 1.83. The standard InChI is InChI=1S/C15H31NO4/c1-2-3-6-18-9-10-20-13-15(17)12-16-11-14-4-7-19-8-5-14/h14-17H,2-13H2,1H3. The van der Waals surface area contributed by atoms with Gasteiger partial charge in [-0.05, 0) is 31.7 Å². The molecular formula is C15H31NO4. The second-order valence-corrected chi connectivity index (χ2v) is 5.41. The molecule has 1 saturated heterocycles. The lowest BCUT2D eigenvalue weighted by molar-refractivity contribution is 0.00309. The van der Waals surface area contributed by atoms with E-state index < -0.39 is 6.10 Å². The lowest BCUT2D eigenvalue weighted by atomic mass is 10.0. The maximum Gasteiger partial charge on any atom is 0.0897 e. The molecule has 0 aliphatic carbocycles. The van der Waals surface area contributed by atoms with Crippen molar-refractivity contribution in [1.82, 2.24) is 5.32 Å². The van der Waals surface area contributed by atoms with Crippen LogP contribution in [-0.4, -0.2) is 63.9 Å². The quantitative estimate of drug-likeness (QED) is 0.529. The molecule has 0 saturated carbocycles. The zero-order chi connectivity index (χ0) is 14.5. The number of nitrogens with one attached hydrogen (secondary N) is 1. The van der Waals surface area contributed by atoms with Crippen LogP contribution in [0.1, 0.15) is 32.6 Å². The Morgan fingerprint density at radius 3 is 2.70 bits per heavy atom. The van der Waals surface area contributed by atoms with E-state index in [2.05, 4.69) is 12.2 Å². The average Bonchev–Trinajstić information content (AvgIpc) is 2.47. The zero-order valence-corrected chi connectivity index (χ0v) is 12.8. The molecule has 120 valence electrons. The van der Waals surface area contributed by atoms with Crippen molar-refractivity contribution in [1.29, 1.82) is 0 Å². The van der Waals surface area contributed by atoms with Gasteiger partial charge in [0.15, 0.2) is 0 Å². The molecule has 5 heteroatoms. The Labute approximate surface area is 123 Å². The topological polar surface area (TPSA) is 60.0 Å². The summed E-state index contributed by atoms with van der Waals surface area (Å²) in [6, 6.07) is 0. The van der Waals surface area contributed by atoms with E-state index in [-0.39, 0.29) is 0 Å². The summed E-state index contributed by atoms with van der Waals surface area (Å²) in [6.45, 7) is 7.78. The van der Waals surface area contributed by atoms with E-state index in [9.17, 15) is 5.11 Å². The van der Waals surface area contributed by atoms with E-state index in [0.717, 1.165) is 52.0 Å². The van der Waals surface area contributed by atoms with E-state index in [0.29, 0.717) is 32.3 Å². The lowest BCUT2D eigenvalue weighted by Gasteiger charge is -2.23. The van der Waals surface area contributed by atoms with Crippen molar-refractivity contribution in [3.8, 4) is 0 Å². The molecule has 0 bridgehead atoms. The third-order valence-corrected chi connectivity index (χ3v) is 3.48. The van der Waals surface area contributed by atoms with E-state index in [4.69, 9.17) is 14.2 Å². The van der Waals surface area contributed by atoms with Gasteiger partial charge in [-0.3, -0.25) is 0 Å². The molecule has 0 aromatic heterocycles. The van der Waals surface area contributed by atoms with Gasteiger partial charge in [-0.15, -0.1) is 0 Å². The predicted octanol–water partition coefficient (Wildman–Crippen LogP) is 1.20. The summed E-state index contributed by atoms with van der Waals surface area (Å²) in [5, 5.41) is 13.1. The first-order valence-corrected chi connectivity index (χ1v) is 7.95. The van der Waals surface area contributed by atoms with Crippen LogP contribution in [0, 0.1) is 5.92 Å². The van der Waals surface area contributed by atoms with Gasteiger partial charge in [0.05, 0.1) is 25.9 Å². The average molecular weight is 289 g/mol. The van der Waals surface area contributed by atoms with E-state index in [1.807, 2.05) is 0 Å². The van der Waals surface area contributed by atoms with Gasteiger partial charge < -0.3 is 24.6 Å². The van der Waals surface area contributed by atoms with Gasteiger partial charge in [0.2, 0.25) is 0 Å². The minimum Gasteiger partial charge on any atom is -0.389 e. The molecule has 0 aromatic carbocycles. The van der Waals surface area contributed by atoms with Crippen molar-refractivity contribution >= 4 is 0 Å².